The van der Waals surface area contributed by atoms with Gasteiger partial charge in [0.2, 0.25) is 0 Å². The van der Waals surface area contributed by atoms with Crippen LogP contribution in [0.1, 0.15) is 35.7 Å². The number of amides is 1. The van der Waals surface area contributed by atoms with Crippen molar-refractivity contribution in [1.29, 1.82) is 0 Å². The first-order valence-corrected chi connectivity index (χ1v) is 8.26. The van der Waals surface area contributed by atoms with Crippen LogP contribution in [-0.4, -0.2) is 30.1 Å². The third-order valence-electron chi connectivity index (χ3n) is 3.67. The Balaban J connectivity index is 1.95. The van der Waals surface area contributed by atoms with E-state index < -0.39 is 11.9 Å². The van der Waals surface area contributed by atoms with Crippen LogP contribution in [0.4, 0.5) is 0 Å². The van der Waals surface area contributed by atoms with Crippen molar-refractivity contribution in [3.05, 3.63) is 65.7 Å². The van der Waals surface area contributed by atoms with Gasteiger partial charge in [0.25, 0.3) is 5.91 Å². The van der Waals surface area contributed by atoms with E-state index in [1.807, 2.05) is 6.07 Å². The summed E-state index contributed by atoms with van der Waals surface area (Å²) in [6.45, 7) is 4.77. The molecule has 0 fully saturated rings. The molecule has 2 aromatic rings. The maximum atomic E-state index is 12.2. The van der Waals surface area contributed by atoms with Gasteiger partial charge in [-0.2, -0.15) is 0 Å². The Hall–Kier alpha value is -2.82. The third-order valence-corrected chi connectivity index (χ3v) is 3.67. The molecule has 5 nitrogen and oxygen atoms in total. The topological polar surface area (TPSA) is 75.6 Å². The molecule has 2 rings (SSSR count). The first-order valence-electron chi connectivity index (χ1n) is 8.26. The van der Waals surface area contributed by atoms with E-state index in [1.54, 1.807) is 48.5 Å². The zero-order chi connectivity index (χ0) is 18.2. The number of nitrogens with one attached hydrogen (secondary N) is 1. The molecule has 1 amide bonds. The summed E-state index contributed by atoms with van der Waals surface area (Å²) in [7, 11) is 0. The molecule has 25 heavy (non-hydrogen) atoms. The maximum absolute atomic E-state index is 12.2. The number of hydrogen-bond donors (Lipinski definition) is 2. The molecular formula is C20H23NO4. The average Bonchev–Trinajstić information content (AvgIpc) is 2.61. The second kappa shape index (κ2) is 8.87. The number of aliphatic carboxylic acids is 1. The number of hydrogen-bond acceptors (Lipinski definition) is 3. The van der Waals surface area contributed by atoms with Crippen LogP contribution >= 0.6 is 0 Å². The number of carbonyl (C=O) groups excluding carboxylic acids is 1. The van der Waals surface area contributed by atoms with E-state index >= 15 is 0 Å². The third kappa shape index (κ3) is 5.64. The quantitative estimate of drug-likeness (QED) is 0.772. The summed E-state index contributed by atoms with van der Waals surface area (Å²) in [4.78, 5) is 23.7. The monoisotopic (exact) mass is 341 g/mol. The minimum Gasteiger partial charge on any atom is -0.493 e. The fourth-order valence-electron chi connectivity index (χ4n) is 2.30. The van der Waals surface area contributed by atoms with E-state index in [2.05, 4.69) is 19.2 Å². The van der Waals surface area contributed by atoms with Crippen LogP contribution in [0, 0.1) is 5.92 Å². The number of rotatable bonds is 8. The molecule has 0 bridgehead atoms. The average molecular weight is 341 g/mol. The lowest BCUT2D eigenvalue weighted by Crippen LogP contribution is -2.31. The minimum absolute atomic E-state index is 0.0315. The van der Waals surface area contributed by atoms with Crippen LogP contribution < -0.4 is 10.1 Å². The van der Waals surface area contributed by atoms with Gasteiger partial charge in [0.05, 0.1) is 12.5 Å². The van der Waals surface area contributed by atoms with E-state index in [0.29, 0.717) is 29.4 Å². The molecule has 1 unspecified atom stereocenters. The Morgan fingerprint density at radius 3 is 2.24 bits per heavy atom. The fraction of sp³-hybridized carbons (Fsp3) is 0.300. The smallest absolute Gasteiger partial charge is 0.312 e. The summed E-state index contributed by atoms with van der Waals surface area (Å²) in [6.07, 6.45) is 0. The van der Waals surface area contributed by atoms with Crippen molar-refractivity contribution in [2.75, 3.05) is 13.2 Å². The molecular weight excluding hydrogens is 318 g/mol. The largest absolute Gasteiger partial charge is 0.493 e. The molecule has 5 heteroatoms. The van der Waals surface area contributed by atoms with Gasteiger partial charge in [-0.3, -0.25) is 9.59 Å². The van der Waals surface area contributed by atoms with Crippen LogP contribution in [0.3, 0.4) is 0 Å². The Bertz CT molecular complexity index is 695. The Kier molecular flexibility index (Phi) is 6.57. The van der Waals surface area contributed by atoms with Gasteiger partial charge in [0.1, 0.15) is 5.75 Å². The van der Waals surface area contributed by atoms with Gasteiger partial charge in [0.15, 0.2) is 0 Å². The zero-order valence-electron chi connectivity index (χ0n) is 14.4. The number of carboxylic acids is 1. The van der Waals surface area contributed by atoms with Crippen molar-refractivity contribution >= 4 is 11.9 Å². The first kappa shape index (κ1) is 18.5. The predicted octanol–water partition coefficient (Wildman–Crippen LogP) is 3.32. The van der Waals surface area contributed by atoms with Crippen LogP contribution in [0.25, 0.3) is 0 Å². The summed E-state index contributed by atoms with van der Waals surface area (Å²) in [5, 5.41) is 12.1. The molecule has 0 aromatic heterocycles. The summed E-state index contributed by atoms with van der Waals surface area (Å²) in [6, 6.07) is 15.7. The summed E-state index contributed by atoms with van der Waals surface area (Å²) >= 11 is 0. The van der Waals surface area contributed by atoms with Crippen molar-refractivity contribution in [3.63, 3.8) is 0 Å². The molecule has 0 saturated heterocycles. The standard InChI is InChI=1S/C20H23NO4/c1-14(2)13-25-17-10-8-16(9-11-17)19(22)21-12-18(20(23)24)15-6-4-3-5-7-15/h3-11,14,18H,12-13H2,1-2H3,(H,21,22)(H,23,24). The molecule has 0 heterocycles. The Morgan fingerprint density at radius 2 is 1.68 bits per heavy atom. The summed E-state index contributed by atoms with van der Waals surface area (Å²) < 4.78 is 5.58. The van der Waals surface area contributed by atoms with Gasteiger partial charge in [-0.15, -0.1) is 0 Å². The van der Waals surface area contributed by atoms with Crippen LogP contribution in [0.5, 0.6) is 5.75 Å². The molecule has 1 atom stereocenters. The van der Waals surface area contributed by atoms with E-state index in [1.165, 1.54) is 0 Å². The highest BCUT2D eigenvalue weighted by atomic mass is 16.5. The SMILES string of the molecule is CC(C)COc1ccc(C(=O)NCC(C(=O)O)c2ccccc2)cc1. The second-order valence-corrected chi connectivity index (χ2v) is 6.24. The second-order valence-electron chi connectivity index (χ2n) is 6.24. The summed E-state index contributed by atoms with van der Waals surface area (Å²) in [5.41, 5.74) is 1.13. The van der Waals surface area contributed by atoms with E-state index in [4.69, 9.17) is 4.74 Å². The molecule has 0 aliphatic rings. The van der Waals surface area contributed by atoms with E-state index in [0.717, 1.165) is 0 Å². The van der Waals surface area contributed by atoms with Crippen LogP contribution in [-0.2, 0) is 4.79 Å². The fourth-order valence-corrected chi connectivity index (χ4v) is 2.30. The Labute approximate surface area is 147 Å². The van der Waals surface area contributed by atoms with Crippen molar-refractivity contribution in [3.8, 4) is 5.75 Å². The first-order chi connectivity index (χ1) is 12.0. The Morgan fingerprint density at radius 1 is 1.04 bits per heavy atom. The van der Waals surface area contributed by atoms with Gasteiger partial charge in [-0.25, -0.2) is 0 Å². The lowest BCUT2D eigenvalue weighted by atomic mass is 9.99. The zero-order valence-corrected chi connectivity index (χ0v) is 14.4. The molecule has 0 radical (unpaired) electrons. The van der Waals surface area contributed by atoms with Crippen LogP contribution in [0.15, 0.2) is 54.6 Å². The molecule has 0 saturated carbocycles. The van der Waals surface area contributed by atoms with Gasteiger partial charge in [0, 0.05) is 12.1 Å². The van der Waals surface area contributed by atoms with Crippen molar-refractivity contribution in [2.45, 2.75) is 19.8 Å². The highest BCUT2D eigenvalue weighted by molar-refractivity contribution is 5.94. The van der Waals surface area contributed by atoms with E-state index in [-0.39, 0.29) is 12.5 Å². The lowest BCUT2D eigenvalue weighted by Gasteiger charge is -2.14. The highest BCUT2D eigenvalue weighted by Crippen LogP contribution is 2.16. The number of carbonyl (C=O) groups is 2. The van der Waals surface area contributed by atoms with Crippen molar-refractivity contribution in [1.82, 2.24) is 5.32 Å². The van der Waals surface area contributed by atoms with Gasteiger partial charge >= 0.3 is 5.97 Å². The molecule has 2 aromatic carbocycles. The molecule has 2 N–H and O–H groups in total. The highest BCUT2D eigenvalue weighted by Gasteiger charge is 2.20. The van der Waals surface area contributed by atoms with Crippen molar-refractivity contribution < 1.29 is 19.4 Å². The number of ether oxygens (including phenoxy) is 1. The number of carboxylic acid groups (broad SMARTS) is 1. The van der Waals surface area contributed by atoms with Crippen molar-refractivity contribution in [2.24, 2.45) is 5.92 Å². The maximum Gasteiger partial charge on any atom is 0.312 e. The van der Waals surface area contributed by atoms with Gasteiger partial charge in [-0.05, 0) is 35.7 Å². The van der Waals surface area contributed by atoms with Gasteiger partial charge < -0.3 is 15.2 Å². The normalized spacial score (nSPS) is 11.8. The molecule has 0 aliphatic carbocycles. The molecule has 132 valence electrons. The predicted molar refractivity (Wildman–Crippen MR) is 95.9 cm³/mol. The lowest BCUT2D eigenvalue weighted by molar-refractivity contribution is -0.138. The van der Waals surface area contributed by atoms with Crippen LogP contribution in [0.2, 0.25) is 0 Å². The molecule has 0 aliphatic heterocycles. The summed E-state index contributed by atoms with van der Waals surface area (Å²) in [5.74, 6) is -0.924. The van der Waals surface area contributed by atoms with E-state index in [9.17, 15) is 14.7 Å². The number of benzene rings is 2. The molecule has 0 spiro atoms. The van der Waals surface area contributed by atoms with Gasteiger partial charge in [-0.1, -0.05) is 44.2 Å². The minimum atomic E-state index is -0.969.